The Balaban J connectivity index is 2.40. The van der Waals surface area contributed by atoms with E-state index in [-0.39, 0.29) is 11.8 Å². The van der Waals surface area contributed by atoms with Crippen molar-refractivity contribution in [1.82, 2.24) is 10.2 Å². The summed E-state index contributed by atoms with van der Waals surface area (Å²) in [5.41, 5.74) is 0.397. The first kappa shape index (κ1) is 17.2. The fraction of sp³-hybridized carbons (Fsp3) is 0.500. The topological polar surface area (TPSA) is 53.6 Å². The predicted octanol–water partition coefficient (Wildman–Crippen LogP) is 2.75. The highest BCUT2D eigenvalue weighted by Gasteiger charge is 2.07. The monoisotopic (exact) mass is 301 g/mol. The highest BCUT2D eigenvalue weighted by atomic mass is 19.3. The average molecular weight is 301 g/mol. The van der Waals surface area contributed by atoms with Crippen LogP contribution in [0.5, 0.6) is 5.75 Å². The maximum Gasteiger partial charge on any atom is 0.387 e. The van der Waals surface area contributed by atoms with Crippen LogP contribution in [0.25, 0.3) is 0 Å². The summed E-state index contributed by atoms with van der Waals surface area (Å²) in [7, 11) is 0. The molecular formula is C14H21F2N3O2. The van der Waals surface area contributed by atoms with E-state index >= 15 is 0 Å². The maximum atomic E-state index is 12.1. The van der Waals surface area contributed by atoms with Crippen molar-refractivity contribution in [3.05, 3.63) is 24.3 Å². The lowest BCUT2D eigenvalue weighted by molar-refractivity contribution is -0.0497. The summed E-state index contributed by atoms with van der Waals surface area (Å²) in [5, 5.41) is 5.28. The quantitative estimate of drug-likeness (QED) is 0.776. The number of alkyl halides is 2. The van der Waals surface area contributed by atoms with E-state index in [4.69, 9.17) is 0 Å². The molecule has 0 saturated carbocycles. The molecule has 0 unspecified atom stereocenters. The Morgan fingerprint density at radius 3 is 2.67 bits per heavy atom. The minimum atomic E-state index is -2.89. The summed E-state index contributed by atoms with van der Waals surface area (Å²) >= 11 is 0. The molecule has 118 valence electrons. The highest BCUT2D eigenvalue weighted by molar-refractivity contribution is 5.89. The number of ether oxygens (including phenoxy) is 1. The third kappa shape index (κ3) is 6.89. The van der Waals surface area contributed by atoms with Crippen LogP contribution >= 0.6 is 0 Å². The molecule has 0 heterocycles. The van der Waals surface area contributed by atoms with Gasteiger partial charge in [0.2, 0.25) is 0 Å². The molecule has 0 fully saturated rings. The summed E-state index contributed by atoms with van der Waals surface area (Å²) in [4.78, 5) is 13.9. The molecule has 0 bridgehead atoms. The molecule has 0 aliphatic rings. The van der Waals surface area contributed by atoms with Crippen LogP contribution in [0.4, 0.5) is 19.3 Å². The van der Waals surface area contributed by atoms with Crippen molar-refractivity contribution in [2.24, 2.45) is 0 Å². The minimum Gasteiger partial charge on any atom is -0.435 e. The molecule has 0 spiro atoms. The van der Waals surface area contributed by atoms with E-state index in [1.807, 2.05) is 0 Å². The standard InChI is InChI=1S/C14H21F2N3O2/c1-3-19(4-2)9-8-17-14(20)18-11-6-5-7-12(10-11)21-13(15)16/h5-7,10,13H,3-4,8-9H2,1-2H3,(H2,17,18,20). The number of carbonyl (C=O) groups is 1. The Hall–Kier alpha value is -1.89. The molecule has 2 N–H and O–H groups in total. The van der Waals surface area contributed by atoms with Crippen molar-refractivity contribution < 1.29 is 18.3 Å². The number of likely N-dealkylation sites (N-methyl/N-ethyl adjacent to an activating group) is 1. The Bertz CT molecular complexity index is 440. The van der Waals surface area contributed by atoms with Gasteiger partial charge >= 0.3 is 12.6 Å². The van der Waals surface area contributed by atoms with Gasteiger partial charge in [0, 0.05) is 24.8 Å². The number of nitrogens with zero attached hydrogens (tertiary/aromatic N) is 1. The number of urea groups is 1. The SMILES string of the molecule is CCN(CC)CCNC(=O)Nc1cccc(OC(F)F)c1. The van der Waals surface area contributed by atoms with E-state index in [0.717, 1.165) is 19.6 Å². The molecule has 5 nitrogen and oxygen atoms in total. The van der Waals surface area contributed by atoms with Crippen LogP contribution in [0.1, 0.15) is 13.8 Å². The van der Waals surface area contributed by atoms with Crippen molar-refractivity contribution in [2.45, 2.75) is 20.5 Å². The van der Waals surface area contributed by atoms with Gasteiger partial charge in [0.05, 0.1) is 0 Å². The van der Waals surface area contributed by atoms with Crippen molar-refractivity contribution in [3.63, 3.8) is 0 Å². The zero-order valence-electron chi connectivity index (χ0n) is 12.2. The summed E-state index contributed by atoms with van der Waals surface area (Å²) in [6.45, 7) is 4.34. The van der Waals surface area contributed by atoms with Gasteiger partial charge in [0.1, 0.15) is 5.75 Å². The molecule has 0 aromatic heterocycles. The highest BCUT2D eigenvalue weighted by Crippen LogP contribution is 2.19. The molecule has 21 heavy (non-hydrogen) atoms. The van der Waals surface area contributed by atoms with Gasteiger partial charge in [-0.1, -0.05) is 19.9 Å². The zero-order valence-corrected chi connectivity index (χ0v) is 12.2. The van der Waals surface area contributed by atoms with Crippen molar-refractivity contribution in [1.29, 1.82) is 0 Å². The second kappa shape index (κ2) is 9.12. The number of rotatable bonds is 8. The molecule has 1 aromatic rings. The lowest BCUT2D eigenvalue weighted by Crippen LogP contribution is -2.36. The van der Waals surface area contributed by atoms with Crippen LogP contribution in [-0.4, -0.2) is 43.7 Å². The number of halogens is 2. The van der Waals surface area contributed by atoms with Gasteiger partial charge in [-0.3, -0.25) is 0 Å². The number of anilines is 1. The van der Waals surface area contributed by atoms with Crippen LogP contribution in [-0.2, 0) is 0 Å². The largest absolute Gasteiger partial charge is 0.435 e. The van der Waals surface area contributed by atoms with Crippen LogP contribution in [0.2, 0.25) is 0 Å². The second-order valence-electron chi connectivity index (χ2n) is 4.31. The number of amides is 2. The number of hydrogen-bond acceptors (Lipinski definition) is 3. The van der Waals surface area contributed by atoms with E-state index in [1.54, 1.807) is 6.07 Å². The molecule has 0 aliphatic carbocycles. The van der Waals surface area contributed by atoms with E-state index in [2.05, 4.69) is 34.1 Å². The molecule has 0 aliphatic heterocycles. The van der Waals surface area contributed by atoms with E-state index in [1.165, 1.54) is 18.2 Å². The minimum absolute atomic E-state index is 0.00550. The Morgan fingerprint density at radius 2 is 2.05 bits per heavy atom. The van der Waals surface area contributed by atoms with Gasteiger partial charge in [-0.05, 0) is 25.2 Å². The Kier molecular flexibility index (Phi) is 7.45. The van der Waals surface area contributed by atoms with Crippen molar-refractivity contribution in [2.75, 3.05) is 31.5 Å². The Labute approximate surface area is 123 Å². The molecule has 0 atom stereocenters. The fourth-order valence-corrected chi connectivity index (χ4v) is 1.79. The summed E-state index contributed by atoms with van der Waals surface area (Å²) in [5.74, 6) is 0.00550. The number of carbonyl (C=O) groups excluding carboxylic acids is 1. The van der Waals surface area contributed by atoms with Crippen LogP contribution in [0.15, 0.2) is 24.3 Å². The number of hydrogen-bond donors (Lipinski definition) is 2. The molecule has 1 aromatic carbocycles. The van der Waals surface area contributed by atoms with E-state index in [0.29, 0.717) is 12.2 Å². The molecule has 0 radical (unpaired) electrons. The predicted molar refractivity (Wildman–Crippen MR) is 77.9 cm³/mol. The van der Waals surface area contributed by atoms with Gasteiger partial charge < -0.3 is 20.3 Å². The first-order valence-corrected chi connectivity index (χ1v) is 6.87. The second-order valence-corrected chi connectivity index (χ2v) is 4.31. The van der Waals surface area contributed by atoms with Crippen molar-refractivity contribution in [3.8, 4) is 5.75 Å². The molecule has 2 amide bonds. The fourth-order valence-electron chi connectivity index (χ4n) is 1.79. The summed E-state index contributed by atoms with van der Waals surface area (Å²) in [6, 6.07) is 5.49. The third-order valence-electron chi connectivity index (χ3n) is 2.93. The van der Waals surface area contributed by atoms with Gasteiger partial charge in [-0.2, -0.15) is 8.78 Å². The van der Waals surface area contributed by atoms with E-state index < -0.39 is 6.61 Å². The Morgan fingerprint density at radius 1 is 1.33 bits per heavy atom. The summed E-state index contributed by atoms with van der Waals surface area (Å²) in [6.07, 6.45) is 0. The third-order valence-corrected chi connectivity index (χ3v) is 2.93. The molecular weight excluding hydrogens is 280 g/mol. The maximum absolute atomic E-state index is 12.1. The van der Waals surface area contributed by atoms with Gasteiger partial charge in [-0.25, -0.2) is 4.79 Å². The number of benzene rings is 1. The zero-order chi connectivity index (χ0) is 15.7. The smallest absolute Gasteiger partial charge is 0.387 e. The molecule has 0 saturated heterocycles. The van der Waals surface area contributed by atoms with Gasteiger partial charge in [-0.15, -0.1) is 0 Å². The first-order valence-electron chi connectivity index (χ1n) is 6.87. The summed E-state index contributed by atoms with van der Waals surface area (Å²) < 4.78 is 28.5. The molecule has 7 heteroatoms. The number of nitrogens with one attached hydrogen (secondary N) is 2. The normalized spacial score (nSPS) is 10.8. The van der Waals surface area contributed by atoms with Crippen LogP contribution < -0.4 is 15.4 Å². The van der Waals surface area contributed by atoms with Crippen LogP contribution in [0, 0.1) is 0 Å². The average Bonchev–Trinajstić information content (AvgIpc) is 2.43. The van der Waals surface area contributed by atoms with Gasteiger partial charge in [0.15, 0.2) is 0 Å². The lowest BCUT2D eigenvalue weighted by Gasteiger charge is -2.18. The molecule has 1 rings (SSSR count). The first-order chi connectivity index (χ1) is 10.0. The van der Waals surface area contributed by atoms with Gasteiger partial charge in [0.25, 0.3) is 0 Å². The van der Waals surface area contributed by atoms with Crippen molar-refractivity contribution >= 4 is 11.7 Å². The lowest BCUT2D eigenvalue weighted by atomic mass is 10.3. The van der Waals surface area contributed by atoms with E-state index in [9.17, 15) is 13.6 Å². The van der Waals surface area contributed by atoms with Crippen LogP contribution in [0.3, 0.4) is 0 Å².